The Hall–Kier alpha value is -3.34. The van der Waals surface area contributed by atoms with Crippen molar-refractivity contribution in [2.75, 3.05) is 46.2 Å². The first-order valence-corrected chi connectivity index (χ1v) is 12.8. The van der Waals surface area contributed by atoms with E-state index in [2.05, 4.69) is 30.5 Å². The van der Waals surface area contributed by atoms with Crippen molar-refractivity contribution in [3.05, 3.63) is 30.1 Å². The van der Waals surface area contributed by atoms with Crippen molar-refractivity contribution in [2.45, 2.75) is 26.2 Å². The van der Waals surface area contributed by atoms with E-state index in [1.807, 2.05) is 25.1 Å². The number of hydrogen-bond donors (Lipinski definition) is 3. The van der Waals surface area contributed by atoms with E-state index < -0.39 is 10.0 Å². The molecule has 2 aliphatic rings. The van der Waals surface area contributed by atoms with E-state index in [4.69, 9.17) is 0 Å². The van der Waals surface area contributed by atoms with Crippen LogP contribution in [0.5, 0.6) is 0 Å². The molecule has 5 rings (SSSR count). The average molecular weight is 470 g/mol. The van der Waals surface area contributed by atoms with Crippen LogP contribution in [0.2, 0.25) is 0 Å². The number of pyridine rings is 1. The number of benzene rings is 1. The van der Waals surface area contributed by atoms with E-state index in [1.165, 1.54) is 17.6 Å². The summed E-state index contributed by atoms with van der Waals surface area (Å²) in [7, 11) is -1.94. The minimum atomic E-state index is -3.48. The van der Waals surface area contributed by atoms with Crippen LogP contribution in [0, 0.1) is 12.8 Å². The second kappa shape index (κ2) is 7.91. The largest absolute Gasteiger partial charge is 0.371 e. The fourth-order valence-electron chi connectivity index (χ4n) is 3.82. The highest BCUT2D eigenvalue weighted by atomic mass is 32.2. The summed E-state index contributed by atoms with van der Waals surface area (Å²) >= 11 is 0. The molecule has 10 nitrogen and oxygen atoms in total. The molecule has 0 bridgehead atoms. The normalized spacial score (nSPS) is 15.9. The van der Waals surface area contributed by atoms with Crippen LogP contribution in [0.15, 0.2) is 24.3 Å². The van der Waals surface area contributed by atoms with Gasteiger partial charge < -0.3 is 20.5 Å². The van der Waals surface area contributed by atoms with Crippen LogP contribution >= 0.6 is 0 Å². The molecule has 0 spiro atoms. The van der Waals surface area contributed by atoms with Gasteiger partial charge >= 0.3 is 0 Å². The van der Waals surface area contributed by atoms with E-state index in [0.717, 1.165) is 38.0 Å². The number of nitrogens with one attached hydrogen (secondary N) is 3. The summed E-state index contributed by atoms with van der Waals surface area (Å²) in [6.45, 7) is 3.74. The predicted octanol–water partition coefficient (Wildman–Crippen LogP) is 2.96. The molecule has 2 fully saturated rings. The lowest BCUT2D eigenvalue weighted by atomic mass is 10.1. The molecule has 0 atom stereocenters. The standard InChI is InChI=1S/C22H27N7O3S/c1-13-23-20-17(12-19(26-21(20)24-13)27-22(30)14-5-6-14)25-16-8-7-15(29-9-4-10-29)11-18(16)28(2)33(3,31)32/h7-8,11-12,14H,4-6,9-10H2,1-3H3,(H3,23,24,25,26,27,30). The third-order valence-corrected chi connectivity index (χ3v) is 7.27. The molecular weight excluding hydrogens is 442 g/mol. The maximum atomic E-state index is 12.4. The number of rotatable bonds is 7. The Bertz CT molecular complexity index is 1340. The molecule has 174 valence electrons. The lowest BCUT2D eigenvalue weighted by Crippen LogP contribution is -2.37. The Morgan fingerprint density at radius 3 is 2.58 bits per heavy atom. The summed E-state index contributed by atoms with van der Waals surface area (Å²) in [4.78, 5) is 26.7. The Morgan fingerprint density at radius 2 is 1.94 bits per heavy atom. The third kappa shape index (κ3) is 4.32. The fourth-order valence-corrected chi connectivity index (χ4v) is 4.33. The van der Waals surface area contributed by atoms with Gasteiger partial charge in [-0.3, -0.25) is 9.10 Å². The molecule has 11 heteroatoms. The second-order valence-electron chi connectivity index (χ2n) is 8.74. The number of imidazole rings is 1. The van der Waals surface area contributed by atoms with Gasteiger partial charge in [-0.05, 0) is 44.4 Å². The molecule has 3 N–H and O–H groups in total. The number of sulfonamides is 1. The molecule has 0 unspecified atom stereocenters. The van der Waals surface area contributed by atoms with Gasteiger partial charge in [0.25, 0.3) is 0 Å². The van der Waals surface area contributed by atoms with Gasteiger partial charge in [0.1, 0.15) is 17.2 Å². The number of H-pyrrole nitrogens is 1. The fraction of sp³-hybridized carbons (Fsp3) is 0.409. The number of aryl methyl sites for hydroxylation is 1. The van der Waals surface area contributed by atoms with Crippen molar-refractivity contribution in [1.29, 1.82) is 0 Å². The molecule has 1 amide bonds. The van der Waals surface area contributed by atoms with Crippen molar-refractivity contribution in [3.8, 4) is 0 Å². The lowest BCUT2D eigenvalue weighted by molar-refractivity contribution is -0.117. The third-order valence-electron chi connectivity index (χ3n) is 6.08. The van der Waals surface area contributed by atoms with Gasteiger partial charge in [0, 0.05) is 37.8 Å². The number of fused-ring (bicyclic) bond motifs is 1. The predicted molar refractivity (Wildman–Crippen MR) is 130 cm³/mol. The average Bonchev–Trinajstić information content (AvgIpc) is 3.48. The minimum Gasteiger partial charge on any atom is -0.371 e. The van der Waals surface area contributed by atoms with Crippen molar-refractivity contribution >= 4 is 55.7 Å². The Balaban J connectivity index is 1.56. The monoisotopic (exact) mass is 469 g/mol. The molecular formula is C22H27N7O3S. The molecule has 2 aromatic heterocycles. The highest BCUT2D eigenvalue weighted by Gasteiger charge is 2.30. The molecule has 1 saturated carbocycles. The maximum Gasteiger partial charge on any atom is 0.232 e. The number of hydrogen-bond acceptors (Lipinski definition) is 7. The van der Waals surface area contributed by atoms with Gasteiger partial charge in [-0.15, -0.1) is 0 Å². The van der Waals surface area contributed by atoms with Gasteiger partial charge in [0.05, 0.1) is 23.3 Å². The first-order valence-electron chi connectivity index (χ1n) is 11.0. The number of amides is 1. The number of anilines is 5. The molecule has 1 aliphatic carbocycles. The van der Waals surface area contributed by atoms with E-state index in [0.29, 0.717) is 39.9 Å². The number of carbonyl (C=O) groups is 1. The summed E-state index contributed by atoms with van der Waals surface area (Å²) in [5, 5.41) is 6.23. The highest BCUT2D eigenvalue weighted by molar-refractivity contribution is 7.92. The Kier molecular flexibility index (Phi) is 5.15. The van der Waals surface area contributed by atoms with E-state index in [-0.39, 0.29) is 11.8 Å². The summed E-state index contributed by atoms with van der Waals surface area (Å²) in [5.74, 6) is 1.11. The van der Waals surface area contributed by atoms with Crippen molar-refractivity contribution in [3.63, 3.8) is 0 Å². The van der Waals surface area contributed by atoms with E-state index in [1.54, 1.807) is 6.07 Å². The summed E-state index contributed by atoms with van der Waals surface area (Å²) < 4.78 is 26.0. The van der Waals surface area contributed by atoms with Gasteiger partial charge in [-0.2, -0.15) is 0 Å². The first-order chi connectivity index (χ1) is 15.7. The van der Waals surface area contributed by atoms with Crippen molar-refractivity contribution < 1.29 is 13.2 Å². The highest BCUT2D eigenvalue weighted by Crippen LogP contribution is 2.37. The summed E-state index contributed by atoms with van der Waals surface area (Å²) in [6.07, 6.45) is 4.10. The van der Waals surface area contributed by atoms with Gasteiger partial charge in [0.15, 0.2) is 5.65 Å². The second-order valence-corrected chi connectivity index (χ2v) is 10.7. The number of nitrogens with zero attached hydrogens (tertiary/aromatic N) is 4. The quantitative estimate of drug-likeness (QED) is 0.486. The molecule has 1 aromatic carbocycles. The zero-order valence-corrected chi connectivity index (χ0v) is 19.7. The van der Waals surface area contributed by atoms with Crippen LogP contribution in [0.1, 0.15) is 25.1 Å². The summed E-state index contributed by atoms with van der Waals surface area (Å²) in [6, 6.07) is 7.47. The van der Waals surface area contributed by atoms with Crippen LogP contribution in [-0.4, -0.2) is 55.7 Å². The van der Waals surface area contributed by atoms with Crippen LogP contribution in [0.4, 0.5) is 28.6 Å². The van der Waals surface area contributed by atoms with Crippen LogP contribution in [0.25, 0.3) is 11.2 Å². The zero-order valence-electron chi connectivity index (χ0n) is 18.8. The smallest absolute Gasteiger partial charge is 0.232 e. The van der Waals surface area contributed by atoms with Gasteiger partial charge in [-0.1, -0.05) is 0 Å². The number of aromatic nitrogens is 3. The van der Waals surface area contributed by atoms with Crippen LogP contribution < -0.4 is 19.8 Å². The molecule has 0 radical (unpaired) electrons. The number of aromatic amines is 1. The van der Waals surface area contributed by atoms with E-state index in [9.17, 15) is 13.2 Å². The Morgan fingerprint density at radius 1 is 1.18 bits per heavy atom. The molecule has 1 saturated heterocycles. The molecule has 3 aromatic rings. The zero-order chi connectivity index (χ0) is 23.3. The summed E-state index contributed by atoms with van der Waals surface area (Å²) in [5.41, 5.74) is 3.89. The van der Waals surface area contributed by atoms with Gasteiger partial charge in [0.2, 0.25) is 15.9 Å². The van der Waals surface area contributed by atoms with Crippen LogP contribution in [-0.2, 0) is 14.8 Å². The van der Waals surface area contributed by atoms with Crippen molar-refractivity contribution in [2.24, 2.45) is 5.92 Å². The number of carbonyl (C=O) groups excluding carboxylic acids is 1. The van der Waals surface area contributed by atoms with Crippen LogP contribution in [0.3, 0.4) is 0 Å². The molecule has 1 aliphatic heterocycles. The van der Waals surface area contributed by atoms with Gasteiger partial charge in [-0.25, -0.2) is 18.4 Å². The first kappa shape index (κ1) is 21.5. The SMILES string of the molecule is Cc1nc2c(Nc3ccc(N4CCC4)cc3N(C)S(C)(=O)=O)cc(NC(=O)C3CC3)nc2[nH]1. The minimum absolute atomic E-state index is 0.0413. The Labute approximate surface area is 192 Å². The topological polar surface area (TPSA) is 123 Å². The van der Waals surface area contributed by atoms with Crippen molar-refractivity contribution in [1.82, 2.24) is 15.0 Å². The van der Waals surface area contributed by atoms with E-state index >= 15 is 0 Å². The lowest BCUT2D eigenvalue weighted by Gasteiger charge is -2.34. The molecule has 33 heavy (non-hydrogen) atoms. The molecule has 3 heterocycles. The maximum absolute atomic E-state index is 12.4.